The highest BCUT2D eigenvalue weighted by molar-refractivity contribution is 7.99. The third kappa shape index (κ3) is 5.92. The van der Waals surface area contributed by atoms with Gasteiger partial charge < -0.3 is 14.5 Å². The highest BCUT2D eigenvalue weighted by Crippen LogP contribution is 2.20. The highest BCUT2D eigenvalue weighted by Gasteiger charge is 2.18. The second kappa shape index (κ2) is 9.87. The van der Waals surface area contributed by atoms with E-state index in [0.717, 1.165) is 0 Å². The van der Waals surface area contributed by atoms with Crippen LogP contribution in [0.2, 0.25) is 0 Å². The molecule has 0 fully saturated rings. The molecule has 1 N–H and O–H groups in total. The van der Waals surface area contributed by atoms with Crippen molar-refractivity contribution in [2.75, 3.05) is 17.7 Å². The summed E-state index contributed by atoms with van der Waals surface area (Å²) in [5, 5.41) is 11.3. The minimum Gasteiger partial charge on any atom is -0.467 e. The van der Waals surface area contributed by atoms with Crippen molar-refractivity contribution in [3.05, 3.63) is 60.1 Å². The number of carbonyl (C=O) groups is 2. The molecule has 10 heteroatoms. The maximum absolute atomic E-state index is 13.0. The molecule has 1 aromatic carbocycles. The zero-order valence-corrected chi connectivity index (χ0v) is 16.4. The van der Waals surface area contributed by atoms with Crippen molar-refractivity contribution < 1.29 is 23.1 Å². The first-order valence-electron chi connectivity index (χ1n) is 8.83. The topological polar surface area (TPSA) is 99.3 Å². The Hall–Kier alpha value is -3.14. The van der Waals surface area contributed by atoms with Crippen LogP contribution in [0.4, 0.5) is 10.1 Å². The van der Waals surface area contributed by atoms with Gasteiger partial charge in [0.15, 0.2) is 5.16 Å². The van der Waals surface area contributed by atoms with Crippen molar-refractivity contribution in [2.24, 2.45) is 0 Å². The molecule has 0 saturated carbocycles. The van der Waals surface area contributed by atoms with Crippen molar-refractivity contribution in [2.45, 2.75) is 25.0 Å². The lowest BCUT2D eigenvalue weighted by Crippen LogP contribution is -2.16. The summed E-state index contributed by atoms with van der Waals surface area (Å²) in [4.78, 5) is 24.0. The van der Waals surface area contributed by atoms with Crippen LogP contribution in [-0.4, -0.2) is 39.0 Å². The number of furan rings is 1. The Balaban J connectivity index is 1.68. The van der Waals surface area contributed by atoms with Gasteiger partial charge in [-0.3, -0.25) is 14.2 Å². The molecule has 0 aliphatic carbocycles. The standard InChI is InChI=1S/C19H19FN4O4S/c1-2-27-18(26)10-16-22-23-19(24(16)11-15-4-3-9-28-15)29-12-17(25)21-14-7-5-13(20)6-8-14/h3-9H,2,10-12H2,1H3,(H,21,25). The maximum atomic E-state index is 13.0. The number of aromatic nitrogens is 3. The van der Waals surface area contributed by atoms with Crippen LogP contribution in [0.1, 0.15) is 18.5 Å². The number of thioether (sulfide) groups is 1. The zero-order valence-electron chi connectivity index (χ0n) is 15.6. The van der Waals surface area contributed by atoms with Crippen LogP contribution >= 0.6 is 11.8 Å². The summed E-state index contributed by atoms with van der Waals surface area (Å²) in [5.41, 5.74) is 0.497. The number of hydrogen-bond donors (Lipinski definition) is 1. The second-order valence-corrected chi connectivity index (χ2v) is 6.83. The van der Waals surface area contributed by atoms with Gasteiger partial charge in [0.05, 0.1) is 25.2 Å². The number of nitrogens with zero attached hydrogens (tertiary/aromatic N) is 3. The van der Waals surface area contributed by atoms with E-state index in [4.69, 9.17) is 9.15 Å². The minimum atomic E-state index is -0.411. The Morgan fingerprint density at radius 3 is 2.72 bits per heavy atom. The van der Waals surface area contributed by atoms with Crippen LogP contribution in [0.15, 0.2) is 52.2 Å². The molecule has 3 rings (SSSR count). The molecule has 0 aliphatic heterocycles. The van der Waals surface area contributed by atoms with Crippen LogP contribution in [0.25, 0.3) is 0 Å². The van der Waals surface area contributed by atoms with E-state index in [9.17, 15) is 14.0 Å². The summed E-state index contributed by atoms with van der Waals surface area (Å²) in [6.45, 7) is 2.32. The quantitative estimate of drug-likeness (QED) is 0.421. The zero-order chi connectivity index (χ0) is 20.6. The van der Waals surface area contributed by atoms with Gasteiger partial charge in [0.1, 0.15) is 23.8 Å². The third-order valence-electron chi connectivity index (χ3n) is 3.76. The number of benzene rings is 1. The summed E-state index contributed by atoms with van der Waals surface area (Å²) >= 11 is 1.17. The average molecular weight is 418 g/mol. The van der Waals surface area contributed by atoms with Gasteiger partial charge in [-0.2, -0.15) is 0 Å². The number of anilines is 1. The van der Waals surface area contributed by atoms with Crippen LogP contribution in [-0.2, 0) is 27.3 Å². The second-order valence-electron chi connectivity index (χ2n) is 5.89. The molecule has 3 aromatic rings. The molecule has 0 spiro atoms. The minimum absolute atomic E-state index is 0.0378. The van der Waals surface area contributed by atoms with Crippen LogP contribution < -0.4 is 5.32 Å². The van der Waals surface area contributed by atoms with Crippen LogP contribution in [0.5, 0.6) is 0 Å². The molecule has 2 aromatic heterocycles. The molecule has 152 valence electrons. The Kier molecular flexibility index (Phi) is 7.01. The van der Waals surface area contributed by atoms with Gasteiger partial charge in [0.25, 0.3) is 0 Å². The number of hydrogen-bond acceptors (Lipinski definition) is 7. The van der Waals surface area contributed by atoms with E-state index in [-0.39, 0.29) is 30.5 Å². The number of rotatable bonds is 9. The molecule has 8 nitrogen and oxygen atoms in total. The molecule has 0 radical (unpaired) electrons. The van der Waals surface area contributed by atoms with Crippen molar-refractivity contribution in [1.82, 2.24) is 14.8 Å². The third-order valence-corrected chi connectivity index (χ3v) is 4.72. The summed E-state index contributed by atoms with van der Waals surface area (Å²) in [6.07, 6.45) is 1.51. The van der Waals surface area contributed by atoms with E-state index in [1.807, 2.05) is 0 Å². The van der Waals surface area contributed by atoms with E-state index in [0.29, 0.717) is 29.0 Å². The van der Waals surface area contributed by atoms with Gasteiger partial charge in [-0.1, -0.05) is 11.8 Å². The summed E-state index contributed by atoms with van der Waals surface area (Å²) in [7, 11) is 0. The lowest BCUT2D eigenvalue weighted by Gasteiger charge is -2.09. The normalized spacial score (nSPS) is 10.7. The largest absolute Gasteiger partial charge is 0.467 e. The first-order valence-corrected chi connectivity index (χ1v) is 9.82. The van der Waals surface area contributed by atoms with Crippen molar-refractivity contribution in [3.63, 3.8) is 0 Å². The van der Waals surface area contributed by atoms with E-state index in [1.54, 1.807) is 29.9 Å². The van der Waals surface area contributed by atoms with E-state index in [2.05, 4.69) is 15.5 Å². The Morgan fingerprint density at radius 2 is 2.03 bits per heavy atom. The van der Waals surface area contributed by atoms with E-state index in [1.165, 1.54) is 36.0 Å². The number of esters is 1. The molecule has 29 heavy (non-hydrogen) atoms. The fourth-order valence-corrected chi connectivity index (χ4v) is 3.23. The monoisotopic (exact) mass is 418 g/mol. The van der Waals surface area contributed by atoms with Crippen molar-refractivity contribution in [1.29, 1.82) is 0 Å². The van der Waals surface area contributed by atoms with Gasteiger partial charge in [0.2, 0.25) is 5.91 Å². The van der Waals surface area contributed by atoms with Gasteiger partial charge >= 0.3 is 5.97 Å². The predicted molar refractivity (Wildman–Crippen MR) is 104 cm³/mol. The fourth-order valence-electron chi connectivity index (χ4n) is 2.48. The van der Waals surface area contributed by atoms with Gasteiger partial charge in [0, 0.05) is 5.69 Å². The van der Waals surface area contributed by atoms with Gasteiger partial charge in [-0.05, 0) is 43.3 Å². The summed E-state index contributed by atoms with van der Waals surface area (Å²) in [6, 6.07) is 9.05. The van der Waals surface area contributed by atoms with Crippen LogP contribution in [0, 0.1) is 5.82 Å². The number of nitrogens with one attached hydrogen (secondary N) is 1. The molecular formula is C19H19FN4O4S. The Labute approximate surface area is 170 Å². The molecule has 0 bridgehead atoms. The Morgan fingerprint density at radius 1 is 1.24 bits per heavy atom. The van der Waals surface area contributed by atoms with Gasteiger partial charge in [-0.25, -0.2) is 4.39 Å². The smallest absolute Gasteiger partial charge is 0.313 e. The molecule has 0 aliphatic rings. The first kappa shape index (κ1) is 20.6. The van der Waals surface area contributed by atoms with Crippen molar-refractivity contribution in [3.8, 4) is 0 Å². The first-order chi connectivity index (χ1) is 14.0. The predicted octanol–water partition coefficient (Wildman–Crippen LogP) is 2.89. The van der Waals surface area contributed by atoms with Gasteiger partial charge in [-0.15, -0.1) is 10.2 Å². The lowest BCUT2D eigenvalue weighted by molar-refractivity contribution is -0.142. The fraction of sp³-hybridized carbons (Fsp3) is 0.263. The number of carbonyl (C=O) groups excluding carboxylic acids is 2. The average Bonchev–Trinajstić information content (AvgIpc) is 3.33. The Bertz CT molecular complexity index is 957. The van der Waals surface area contributed by atoms with Crippen LogP contribution in [0.3, 0.4) is 0 Å². The summed E-state index contributed by atoms with van der Waals surface area (Å²) < 4.78 is 25.0. The van der Waals surface area contributed by atoms with E-state index < -0.39 is 5.97 Å². The van der Waals surface area contributed by atoms with Crippen molar-refractivity contribution >= 4 is 29.3 Å². The highest BCUT2D eigenvalue weighted by atomic mass is 32.2. The molecule has 1 amide bonds. The molecule has 0 saturated heterocycles. The number of amides is 1. The lowest BCUT2D eigenvalue weighted by atomic mass is 10.3. The molecule has 0 unspecified atom stereocenters. The molecule has 0 atom stereocenters. The summed E-state index contributed by atoms with van der Waals surface area (Å²) in [5.74, 6) is 0.0752. The molecular weight excluding hydrogens is 399 g/mol. The number of halogens is 1. The van der Waals surface area contributed by atoms with E-state index >= 15 is 0 Å². The SMILES string of the molecule is CCOC(=O)Cc1nnc(SCC(=O)Nc2ccc(F)cc2)n1Cc1ccco1. The number of ether oxygens (including phenoxy) is 1. The molecule has 2 heterocycles. The maximum Gasteiger partial charge on any atom is 0.313 e.